The summed E-state index contributed by atoms with van der Waals surface area (Å²) in [4.78, 5) is 48.8. The van der Waals surface area contributed by atoms with E-state index in [-0.39, 0.29) is 35.8 Å². The van der Waals surface area contributed by atoms with Crippen LogP contribution >= 0.6 is 11.3 Å². The summed E-state index contributed by atoms with van der Waals surface area (Å²) in [5.74, 6) is 0.0480. The average molecular weight is 680 g/mol. The van der Waals surface area contributed by atoms with Crippen molar-refractivity contribution in [1.29, 1.82) is 0 Å². The summed E-state index contributed by atoms with van der Waals surface area (Å²) in [5.41, 5.74) is 4.42. The quantitative estimate of drug-likeness (QED) is 0.250. The van der Waals surface area contributed by atoms with E-state index in [0.29, 0.717) is 44.3 Å². The normalized spacial score (nSPS) is 18.5. The first-order valence-electron chi connectivity index (χ1n) is 17.0. The molecule has 0 radical (unpaired) electrons. The van der Waals surface area contributed by atoms with Crippen molar-refractivity contribution >= 4 is 29.2 Å². The lowest BCUT2D eigenvalue weighted by Crippen LogP contribution is -2.48. The van der Waals surface area contributed by atoms with E-state index in [2.05, 4.69) is 27.6 Å². The second-order valence-electron chi connectivity index (χ2n) is 14.3. The number of thiazole rings is 1. The lowest BCUT2D eigenvalue weighted by molar-refractivity contribution is -0.141. The van der Waals surface area contributed by atoms with Gasteiger partial charge in [0.25, 0.3) is 5.88 Å². The summed E-state index contributed by atoms with van der Waals surface area (Å²) in [5, 5.41) is 7.26. The molecule has 260 valence electrons. The van der Waals surface area contributed by atoms with E-state index in [4.69, 9.17) is 14.0 Å². The average Bonchev–Trinajstić information content (AvgIpc) is 3.81. The van der Waals surface area contributed by atoms with Gasteiger partial charge in [-0.05, 0) is 88.4 Å². The van der Waals surface area contributed by atoms with Crippen molar-refractivity contribution < 1.29 is 28.4 Å². The molecule has 11 nitrogen and oxygen atoms in total. The highest BCUT2D eigenvalue weighted by atomic mass is 32.1. The zero-order valence-electron chi connectivity index (χ0n) is 29.2. The molecule has 2 aliphatic heterocycles. The maximum Gasteiger partial charge on any atom is 0.410 e. The molecule has 0 saturated carbocycles. The molecule has 48 heavy (non-hydrogen) atoms. The van der Waals surface area contributed by atoms with Crippen molar-refractivity contribution in [1.82, 2.24) is 25.3 Å². The van der Waals surface area contributed by atoms with Gasteiger partial charge >= 0.3 is 6.09 Å². The molecule has 1 aromatic carbocycles. The van der Waals surface area contributed by atoms with Crippen LogP contribution in [0.1, 0.15) is 96.2 Å². The Balaban J connectivity index is 1.15. The molecule has 3 aromatic rings. The second-order valence-corrected chi connectivity index (χ2v) is 15.2. The smallest absolute Gasteiger partial charge is 0.410 e. The van der Waals surface area contributed by atoms with Crippen molar-refractivity contribution in [3.63, 3.8) is 0 Å². The number of aromatic nitrogens is 2. The summed E-state index contributed by atoms with van der Waals surface area (Å²) in [6, 6.07) is 9.11. The molecule has 1 N–H and O–H groups in total. The number of rotatable bonds is 10. The fraction of sp³-hybridized carbons (Fsp3) is 0.583. The lowest BCUT2D eigenvalue weighted by atomic mass is 9.91. The van der Waals surface area contributed by atoms with Gasteiger partial charge in [-0.2, -0.15) is 0 Å². The predicted molar refractivity (Wildman–Crippen MR) is 184 cm³/mol. The highest BCUT2D eigenvalue weighted by molar-refractivity contribution is 7.13. The van der Waals surface area contributed by atoms with Crippen molar-refractivity contribution in [2.45, 2.75) is 97.8 Å². The molecule has 2 aliphatic rings. The van der Waals surface area contributed by atoms with Crippen LogP contribution < -0.4 is 10.1 Å². The highest BCUT2D eigenvalue weighted by Crippen LogP contribution is 2.33. The van der Waals surface area contributed by atoms with E-state index >= 15 is 0 Å². The van der Waals surface area contributed by atoms with Gasteiger partial charge in [-0.25, -0.2) is 9.78 Å². The van der Waals surface area contributed by atoms with E-state index in [1.807, 2.05) is 66.1 Å². The van der Waals surface area contributed by atoms with Crippen LogP contribution in [-0.4, -0.2) is 75.7 Å². The summed E-state index contributed by atoms with van der Waals surface area (Å²) in [6.45, 7) is 15.7. The zero-order valence-corrected chi connectivity index (χ0v) is 30.0. The number of likely N-dealkylation sites (tertiary alicyclic amines) is 2. The van der Waals surface area contributed by atoms with Crippen molar-refractivity contribution in [2.75, 3.05) is 26.2 Å². The fourth-order valence-electron chi connectivity index (χ4n) is 6.41. The number of benzene rings is 1. The number of nitrogens with zero attached hydrogens (tertiary/aromatic N) is 4. The number of aryl methyl sites for hydroxylation is 1. The monoisotopic (exact) mass is 679 g/mol. The van der Waals surface area contributed by atoms with E-state index in [1.165, 1.54) is 0 Å². The van der Waals surface area contributed by atoms with Crippen LogP contribution in [0.15, 0.2) is 40.4 Å². The third-order valence-electron chi connectivity index (χ3n) is 9.09. The molecule has 2 fully saturated rings. The van der Waals surface area contributed by atoms with Gasteiger partial charge in [0.1, 0.15) is 17.6 Å². The molecule has 3 unspecified atom stereocenters. The minimum Gasteiger partial charge on any atom is -0.475 e. The van der Waals surface area contributed by atoms with E-state index in [9.17, 15) is 14.4 Å². The first-order valence-corrected chi connectivity index (χ1v) is 17.9. The van der Waals surface area contributed by atoms with Crippen LogP contribution in [0.4, 0.5) is 4.79 Å². The Bertz CT molecular complexity index is 1550. The van der Waals surface area contributed by atoms with Crippen LogP contribution in [0.3, 0.4) is 0 Å². The Labute approximate surface area is 287 Å². The predicted octanol–water partition coefficient (Wildman–Crippen LogP) is 6.74. The van der Waals surface area contributed by atoms with Crippen molar-refractivity contribution in [2.24, 2.45) is 11.8 Å². The Kier molecular flexibility index (Phi) is 11.1. The molecule has 4 heterocycles. The molecule has 0 bridgehead atoms. The molecule has 0 aliphatic carbocycles. The van der Waals surface area contributed by atoms with Crippen molar-refractivity contribution in [3.05, 3.63) is 52.9 Å². The van der Waals surface area contributed by atoms with Gasteiger partial charge in [0.2, 0.25) is 11.8 Å². The Morgan fingerprint density at radius 3 is 2.40 bits per heavy atom. The largest absolute Gasteiger partial charge is 0.475 e. The molecular formula is C36H49N5O6S. The Morgan fingerprint density at radius 1 is 1.06 bits per heavy atom. The van der Waals surface area contributed by atoms with Gasteiger partial charge in [-0.1, -0.05) is 38.1 Å². The number of amides is 3. The van der Waals surface area contributed by atoms with E-state index in [1.54, 1.807) is 27.2 Å². The standard InChI is InChI=1S/C36H49N5O6S/c1-22(2)31(29-19-30(39-47-29)45-20-25-14-17-40(18-15-25)35(44)46-36(5,6)7)34(43)41-16-8-9-28(41)33(42)38-23(3)26-10-12-27(13-11-26)32-24(4)37-21-48-32/h10-13,19,21-23,25,28,31H,8-9,14-18,20H2,1-7H3,(H,38,42). The Hall–Kier alpha value is -3.93. The van der Waals surface area contributed by atoms with E-state index in [0.717, 1.165) is 41.0 Å². The third kappa shape index (κ3) is 8.56. The van der Waals surface area contributed by atoms with Crippen LogP contribution in [0, 0.1) is 18.8 Å². The van der Waals surface area contributed by atoms with Gasteiger partial charge in [0.15, 0.2) is 5.76 Å². The second kappa shape index (κ2) is 15.1. The fourth-order valence-corrected chi connectivity index (χ4v) is 7.22. The summed E-state index contributed by atoms with van der Waals surface area (Å²) >= 11 is 1.61. The van der Waals surface area contributed by atoms with Gasteiger partial charge < -0.3 is 29.1 Å². The Morgan fingerprint density at radius 2 is 1.77 bits per heavy atom. The maximum absolute atomic E-state index is 14.0. The van der Waals surface area contributed by atoms with Crippen LogP contribution in [-0.2, 0) is 14.3 Å². The van der Waals surface area contributed by atoms with Crippen LogP contribution in [0.2, 0.25) is 0 Å². The summed E-state index contributed by atoms with van der Waals surface area (Å²) in [7, 11) is 0. The molecule has 0 spiro atoms. The zero-order chi connectivity index (χ0) is 34.6. The van der Waals surface area contributed by atoms with Crippen LogP contribution in [0.25, 0.3) is 10.4 Å². The first kappa shape index (κ1) is 35.4. The van der Waals surface area contributed by atoms with Gasteiger partial charge in [0.05, 0.1) is 28.7 Å². The highest BCUT2D eigenvalue weighted by Gasteiger charge is 2.40. The SMILES string of the molecule is Cc1ncsc1-c1ccc(C(C)NC(=O)C2CCCN2C(=O)C(c2cc(OCC3CCN(C(=O)OC(C)(C)C)CC3)no2)C(C)C)cc1. The number of hydrogen-bond donors (Lipinski definition) is 1. The first-order chi connectivity index (χ1) is 22.8. The maximum atomic E-state index is 14.0. The number of carbonyl (C=O) groups is 3. The minimum atomic E-state index is -0.597. The van der Waals surface area contributed by atoms with Crippen molar-refractivity contribution in [3.8, 4) is 16.3 Å². The number of piperidine rings is 1. The lowest BCUT2D eigenvalue weighted by Gasteiger charge is -2.33. The number of nitrogens with one attached hydrogen (secondary N) is 1. The minimum absolute atomic E-state index is 0.0839. The van der Waals surface area contributed by atoms with Gasteiger partial charge in [-0.3, -0.25) is 9.59 Å². The molecular weight excluding hydrogens is 630 g/mol. The van der Waals surface area contributed by atoms with Gasteiger partial charge in [0, 0.05) is 25.7 Å². The molecule has 3 amide bonds. The number of hydrogen-bond acceptors (Lipinski definition) is 9. The molecule has 3 atom stereocenters. The van der Waals surface area contributed by atoms with Crippen LogP contribution in [0.5, 0.6) is 5.88 Å². The van der Waals surface area contributed by atoms with Gasteiger partial charge in [-0.15, -0.1) is 11.3 Å². The summed E-state index contributed by atoms with van der Waals surface area (Å²) < 4.78 is 17.1. The number of carbonyl (C=O) groups excluding carboxylic acids is 3. The molecule has 5 rings (SSSR count). The van der Waals surface area contributed by atoms with E-state index < -0.39 is 17.6 Å². The third-order valence-corrected chi connectivity index (χ3v) is 10.1. The summed E-state index contributed by atoms with van der Waals surface area (Å²) in [6.07, 6.45) is 2.67. The number of ether oxygens (including phenoxy) is 2. The molecule has 12 heteroatoms. The molecule has 2 saturated heterocycles. The molecule has 2 aromatic heterocycles. The topological polar surface area (TPSA) is 127 Å².